The summed E-state index contributed by atoms with van der Waals surface area (Å²) >= 11 is 0. The second-order valence-electron chi connectivity index (χ2n) is 7.57. The predicted molar refractivity (Wildman–Crippen MR) is 110 cm³/mol. The first kappa shape index (κ1) is 22.9. The normalized spacial score (nSPS) is 14.4. The van der Waals surface area contributed by atoms with Crippen molar-refractivity contribution in [1.82, 2.24) is 4.90 Å². The van der Waals surface area contributed by atoms with Crippen LogP contribution in [0.3, 0.4) is 0 Å². The smallest absolute Gasteiger partial charge is 0.410 e. The van der Waals surface area contributed by atoms with Gasteiger partial charge in [-0.15, -0.1) is 0 Å². The number of benzene rings is 1. The molecule has 0 saturated carbocycles. The molecule has 0 unspecified atom stereocenters. The van der Waals surface area contributed by atoms with Crippen molar-refractivity contribution in [2.75, 3.05) is 19.7 Å². The first-order chi connectivity index (χ1) is 14.1. The van der Waals surface area contributed by atoms with Gasteiger partial charge in [0.2, 0.25) is 5.78 Å². The number of ketones is 1. The van der Waals surface area contributed by atoms with Crippen LogP contribution < -0.4 is 0 Å². The first-order valence-electron chi connectivity index (χ1n) is 10.8. The molecule has 0 bridgehead atoms. The Balaban J connectivity index is 1.50. The quantitative estimate of drug-likeness (QED) is 0.309. The van der Waals surface area contributed by atoms with Gasteiger partial charge in [-0.05, 0) is 37.7 Å². The molecule has 160 valence electrons. The summed E-state index contributed by atoms with van der Waals surface area (Å²) in [7, 11) is 0. The topological polar surface area (TPSA) is 72.9 Å². The fraction of sp³-hybridized carbons (Fsp3) is 0.609. The van der Waals surface area contributed by atoms with Crippen LogP contribution in [-0.4, -0.2) is 42.4 Å². The highest BCUT2D eigenvalue weighted by Crippen LogP contribution is 2.24. The average molecular weight is 404 g/mol. The molecule has 29 heavy (non-hydrogen) atoms. The van der Waals surface area contributed by atoms with E-state index in [1.54, 1.807) is 11.8 Å². The number of hydrogen-bond donors (Lipinski definition) is 0. The van der Waals surface area contributed by atoms with Crippen LogP contribution in [0.1, 0.15) is 63.9 Å². The molecule has 0 aromatic heterocycles. The Hall–Kier alpha value is -2.37. The summed E-state index contributed by atoms with van der Waals surface area (Å²) in [5.74, 6) is -0.478. The lowest BCUT2D eigenvalue weighted by molar-refractivity contribution is -0.153. The zero-order valence-electron chi connectivity index (χ0n) is 17.4. The minimum absolute atomic E-state index is 0.224. The summed E-state index contributed by atoms with van der Waals surface area (Å²) in [5, 5.41) is 0. The van der Waals surface area contributed by atoms with Crippen LogP contribution >= 0.6 is 0 Å². The van der Waals surface area contributed by atoms with E-state index in [9.17, 15) is 14.4 Å². The maximum absolute atomic E-state index is 12.2. The highest BCUT2D eigenvalue weighted by atomic mass is 16.6. The van der Waals surface area contributed by atoms with Crippen LogP contribution in [-0.2, 0) is 25.7 Å². The fourth-order valence-electron chi connectivity index (χ4n) is 3.60. The number of nitrogens with zero attached hydrogens (tertiary/aromatic N) is 1. The van der Waals surface area contributed by atoms with Gasteiger partial charge >= 0.3 is 12.1 Å². The van der Waals surface area contributed by atoms with Gasteiger partial charge in [0.25, 0.3) is 0 Å². The monoisotopic (exact) mass is 403 g/mol. The van der Waals surface area contributed by atoms with Gasteiger partial charge in [0.15, 0.2) is 0 Å². The lowest BCUT2D eigenvalue weighted by Gasteiger charge is -2.31. The van der Waals surface area contributed by atoms with Crippen LogP contribution in [0.4, 0.5) is 4.79 Å². The highest BCUT2D eigenvalue weighted by molar-refractivity contribution is 6.33. The molecule has 0 N–H and O–H groups in total. The minimum Gasteiger partial charge on any atom is -0.460 e. The van der Waals surface area contributed by atoms with Crippen LogP contribution in [0, 0.1) is 5.92 Å². The number of esters is 1. The lowest BCUT2D eigenvalue weighted by atomic mass is 9.91. The summed E-state index contributed by atoms with van der Waals surface area (Å²) in [6.45, 7) is 3.77. The number of hydrogen-bond acceptors (Lipinski definition) is 5. The number of amides is 1. The third-order valence-corrected chi connectivity index (χ3v) is 5.35. The van der Waals surface area contributed by atoms with E-state index in [0.717, 1.165) is 63.6 Å². The summed E-state index contributed by atoms with van der Waals surface area (Å²) in [6, 6.07) is 9.72. The Labute approximate surface area is 173 Å². The van der Waals surface area contributed by atoms with Gasteiger partial charge in [0.05, 0.1) is 6.61 Å². The number of piperidine rings is 1. The van der Waals surface area contributed by atoms with Gasteiger partial charge in [-0.2, -0.15) is 0 Å². The van der Waals surface area contributed by atoms with E-state index in [1.807, 2.05) is 30.3 Å². The third-order valence-electron chi connectivity index (χ3n) is 5.35. The molecule has 0 spiro atoms. The predicted octanol–water partition coefficient (Wildman–Crippen LogP) is 4.51. The Morgan fingerprint density at radius 1 is 0.966 bits per heavy atom. The summed E-state index contributed by atoms with van der Waals surface area (Å²) in [6.07, 6.45) is 7.12. The van der Waals surface area contributed by atoms with Gasteiger partial charge in [-0.25, -0.2) is 9.59 Å². The van der Waals surface area contributed by atoms with E-state index in [0.29, 0.717) is 12.5 Å². The number of likely N-dealkylation sites (tertiary alicyclic amines) is 1. The van der Waals surface area contributed by atoms with Crippen LogP contribution in [0.15, 0.2) is 30.3 Å². The number of carbonyl (C=O) groups is 3. The Kier molecular flexibility index (Phi) is 10.2. The molecule has 1 amide bonds. The van der Waals surface area contributed by atoms with Gasteiger partial charge in [-0.1, -0.05) is 56.0 Å². The molecule has 1 aliphatic rings. The Morgan fingerprint density at radius 3 is 2.34 bits per heavy atom. The van der Waals surface area contributed by atoms with Crippen molar-refractivity contribution >= 4 is 17.8 Å². The SMILES string of the molecule is CCOC(=O)C(=O)CCCCCCC1CCN(C(=O)OCc2ccccc2)CC1. The van der Waals surface area contributed by atoms with E-state index in [-0.39, 0.29) is 19.1 Å². The van der Waals surface area contributed by atoms with Gasteiger partial charge in [0.1, 0.15) is 6.61 Å². The largest absolute Gasteiger partial charge is 0.460 e. The number of unbranched alkanes of at least 4 members (excludes halogenated alkanes) is 3. The summed E-state index contributed by atoms with van der Waals surface area (Å²) in [5.41, 5.74) is 1.000. The van der Waals surface area contributed by atoms with Crippen molar-refractivity contribution < 1.29 is 23.9 Å². The van der Waals surface area contributed by atoms with Crippen molar-refractivity contribution in [3.8, 4) is 0 Å². The molecular formula is C23H33NO5. The minimum atomic E-state index is -0.707. The number of rotatable bonds is 11. The number of Topliss-reactive ketones (excluding diaryl/α,β-unsaturated/α-hetero) is 1. The van der Waals surface area contributed by atoms with Crippen molar-refractivity contribution in [2.24, 2.45) is 5.92 Å². The van der Waals surface area contributed by atoms with Crippen molar-refractivity contribution in [3.63, 3.8) is 0 Å². The van der Waals surface area contributed by atoms with Crippen LogP contribution in [0.25, 0.3) is 0 Å². The van der Waals surface area contributed by atoms with E-state index < -0.39 is 11.8 Å². The van der Waals surface area contributed by atoms with E-state index in [4.69, 9.17) is 9.47 Å². The first-order valence-corrected chi connectivity index (χ1v) is 10.8. The van der Waals surface area contributed by atoms with E-state index >= 15 is 0 Å². The number of ether oxygens (including phenoxy) is 2. The molecule has 1 aromatic rings. The molecule has 1 aliphatic heterocycles. The van der Waals surface area contributed by atoms with Crippen molar-refractivity contribution in [1.29, 1.82) is 0 Å². The van der Waals surface area contributed by atoms with Crippen molar-refractivity contribution in [3.05, 3.63) is 35.9 Å². The summed E-state index contributed by atoms with van der Waals surface area (Å²) < 4.78 is 10.1. The number of carbonyl (C=O) groups excluding carboxylic acids is 3. The van der Waals surface area contributed by atoms with Crippen molar-refractivity contribution in [2.45, 2.75) is 64.9 Å². The second kappa shape index (κ2) is 13.0. The average Bonchev–Trinajstić information content (AvgIpc) is 2.75. The van der Waals surface area contributed by atoms with Gasteiger partial charge in [0, 0.05) is 19.5 Å². The Bertz CT molecular complexity index is 638. The highest BCUT2D eigenvalue weighted by Gasteiger charge is 2.23. The Morgan fingerprint density at radius 2 is 1.66 bits per heavy atom. The molecule has 2 rings (SSSR count). The molecule has 1 heterocycles. The van der Waals surface area contributed by atoms with Crippen LogP contribution in [0.5, 0.6) is 0 Å². The molecule has 1 aromatic carbocycles. The second-order valence-corrected chi connectivity index (χ2v) is 7.57. The van der Waals surface area contributed by atoms with Gasteiger partial charge < -0.3 is 14.4 Å². The van der Waals surface area contributed by atoms with E-state index in [1.165, 1.54) is 0 Å². The maximum atomic E-state index is 12.2. The lowest BCUT2D eigenvalue weighted by Crippen LogP contribution is -2.38. The van der Waals surface area contributed by atoms with E-state index in [2.05, 4.69) is 0 Å². The third kappa shape index (κ3) is 8.67. The summed E-state index contributed by atoms with van der Waals surface area (Å²) in [4.78, 5) is 36.8. The molecular weight excluding hydrogens is 370 g/mol. The molecule has 6 nitrogen and oxygen atoms in total. The molecule has 0 aliphatic carbocycles. The zero-order chi connectivity index (χ0) is 20.9. The molecule has 0 radical (unpaired) electrons. The molecule has 6 heteroatoms. The molecule has 1 saturated heterocycles. The van der Waals surface area contributed by atoms with Crippen LogP contribution in [0.2, 0.25) is 0 Å². The standard InChI is InChI=1S/C23H33NO5/c1-2-28-22(26)21(25)13-9-4-3-6-10-19-14-16-24(17-15-19)23(27)29-18-20-11-7-5-8-12-20/h5,7-8,11-12,19H,2-4,6,9-10,13-18H2,1H3. The van der Waals surface area contributed by atoms with Gasteiger partial charge in [-0.3, -0.25) is 4.79 Å². The fourth-order valence-corrected chi connectivity index (χ4v) is 3.60. The zero-order valence-corrected chi connectivity index (χ0v) is 17.4. The maximum Gasteiger partial charge on any atom is 0.410 e. The molecule has 0 atom stereocenters. The molecule has 1 fully saturated rings.